The van der Waals surface area contributed by atoms with Crippen molar-refractivity contribution in [2.24, 2.45) is 0 Å². The molecule has 1 fully saturated rings. The second-order valence-electron chi connectivity index (χ2n) is 5.64. The largest absolute Gasteiger partial charge is 0.450 e. The van der Waals surface area contributed by atoms with Crippen LogP contribution in [0.2, 0.25) is 0 Å². The number of carbonyl (C=O) groups is 1. The monoisotopic (exact) mass is 340 g/mol. The molecule has 1 amide bonds. The van der Waals surface area contributed by atoms with E-state index in [2.05, 4.69) is 10.0 Å². The van der Waals surface area contributed by atoms with Crippen molar-refractivity contribution in [2.75, 3.05) is 13.2 Å². The molecular formula is C16H24N2O4S. The van der Waals surface area contributed by atoms with Crippen molar-refractivity contribution in [3.05, 3.63) is 29.8 Å². The number of amides is 1. The van der Waals surface area contributed by atoms with E-state index in [1.807, 2.05) is 0 Å². The van der Waals surface area contributed by atoms with Gasteiger partial charge in [-0.3, -0.25) is 0 Å². The quantitative estimate of drug-likeness (QED) is 0.797. The highest BCUT2D eigenvalue weighted by atomic mass is 32.2. The van der Waals surface area contributed by atoms with Gasteiger partial charge in [-0.25, -0.2) is 17.9 Å². The highest BCUT2D eigenvalue weighted by Gasteiger charge is 2.22. The number of hydrogen-bond donors (Lipinski definition) is 2. The molecule has 128 valence electrons. The Morgan fingerprint density at radius 3 is 2.48 bits per heavy atom. The summed E-state index contributed by atoms with van der Waals surface area (Å²) in [5, 5.41) is 2.63. The predicted molar refractivity (Wildman–Crippen MR) is 87.7 cm³/mol. The molecule has 0 spiro atoms. The molecular weight excluding hydrogens is 316 g/mol. The lowest BCUT2D eigenvalue weighted by atomic mass is 10.1. The van der Waals surface area contributed by atoms with Crippen molar-refractivity contribution < 1.29 is 17.9 Å². The Bertz CT molecular complexity index is 607. The van der Waals surface area contributed by atoms with Crippen molar-refractivity contribution in [1.82, 2.24) is 10.0 Å². The maximum absolute atomic E-state index is 12.3. The number of ether oxygens (including phenoxy) is 1. The fraction of sp³-hybridized carbons (Fsp3) is 0.562. The number of sulfonamides is 1. The molecule has 0 heterocycles. The minimum Gasteiger partial charge on any atom is -0.450 e. The first-order chi connectivity index (χ1) is 11.0. The van der Waals surface area contributed by atoms with E-state index in [1.54, 1.807) is 31.2 Å². The number of hydrogen-bond acceptors (Lipinski definition) is 4. The first-order valence-corrected chi connectivity index (χ1v) is 9.51. The lowest BCUT2D eigenvalue weighted by Crippen LogP contribution is -2.32. The average Bonchev–Trinajstić information content (AvgIpc) is 3.00. The first kappa shape index (κ1) is 17.7. The summed E-state index contributed by atoms with van der Waals surface area (Å²) < 4.78 is 32.1. The van der Waals surface area contributed by atoms with E-state index in [0.717, 1.165) is 31.2 Å². The Labute approximate surface area is 137 Å². The normalized spacial score (nSPS) is 15.5. The summed E-state index contributed by atoms with van der Waals surface area (Å²) in [6, 6.07) is 6.83. The molecule has 0 aliphatic heterocycles. The summed E-state index contributed by atoms with van der Waals surface area (Å²) >= 11 is 0. The fourth-order valence-corrected chi connectivity index (χ4v) is 3.96. The van der Waals surface area contributed by atoms with Crippen LogP contribution in [0.5, 0.6) is 0 Å². The summed E-state index contributed by atoms with van der Waals surface area (Å²) in [6.45, 7) is 2.54. The number of alkyl carbamates (subject to hydrolysis) is 1. The average molecular weight is 340 g/mol. The zero-order chi connectivity index (χ0) is 16.7. The molecule has 0 aromatic heterocycles. The Morgan fingerprint density at radius 1 is 1.22 bits per heavy atom. The number of carbonyl (C=O) groups excluding carboxylic acids is 1. The Balaban J connectivity index is 1.87. The second kappa shape index (κ2) is 8.31. The van der Waals surface area contributed by atoms with Crippen LogP contribution < -0.4 is 10.0 Å². The highest BCUT2D eigenvalue weighted by molar-refractivity contribution is 7.89. The van der Waals surface area contributed by atoms with Gasteiger partial charge in [0.05, 0.1) is 11.5 Å². The third kappa shape index (κ3) is 5.51. The minimum atomic E-state index is -3.44. The zero-order valence-electron chi connectivity index (χ0n) is 13.4. The van der Waals surface area contributed by atoms with E-state index in [1.165, 1.54) is 0 Å². The lowest BCUT2D eigenvalue weighted by Gasteiger charge is -2.13. The molecule has 2 N–H and O–H groups in total. The third-order valence-electron chi connectivity index (χ3n) is 3.87. The molecule has 0 bridgehead atoms. The molecule has 6 nitrogen and oxygen atoms in total. The van der Waals surface area contributed by atoms with E-state index >= 15 is 0 Å². The van der Waals surface area contributed by atoms with Crippen LogP contribution in [0.25, 0.3) is 0 Å². The van der Waals surface area contributed by atoms with E-state index in [-0.39, 0.29) is 10.9 Å². The maximum Gasteiger partial charge on any atom is 0.407 e. The lowest BCUT2D eigenvalue weighted by molar-refractivity contribution is 0.152. The third-order valence-corrected chi connectivity index (χ3v) is 5.41. The van der Waals surface area contributed by atoms with Crippen LogP contribution in [-0.4, -0.2) is 33.7 Å². The van der Waals surface area contributed by atoms with Crippen molar-refractivity contribution in [3.63, 3.8) is 0 Å². The molecule has 0 saturated heterocycles. The van der Waals surface area contributed by atoms with Crippen molar-refractivity contribution in [2.45, 2.75) is 50.0 Å². The van der Waals surface area contributed by atoms with Crippen molar-refractivity contribution in [1.29, 1.82) is 0 Å². The van der Waals surface area contributed by atoms with Gasteiger partial charge < -0.3 is 10.1 Å². The van der Waals surface area contributed by atoms with Crippen LogP contribution in [0.3, 0.4) is 0 Å². The molecule has 1 saturated carbocycles. The van der Waals surface area contributed by atoms with Crippen LogP contribution in [0.4, 0.5) is 4.79 Å². The van der Waals surface area contributed by atoms with E-state index < -0.39 is 16.1 Å². The number of rotatable bonds is 7. The van der Waals surface area contributed by atoms with Gasteiger partial charge in [0, 0.05) is 12.6 Å². The summed E-state index contributed by atoms with van der Waals surface area (Å²) in [7, 11) is -3.44. The van der Waals surface area contributed by atoms with Gasteiger partial charge in [0.2, 0.25) is 10.0 Å². The molecule has 1 aromatic carbocycles. The minimum absolute atomic E-state index is 0.0634. The first-order valence-electron chi connectivity index (χ1n) is 8.03. The standard InChI is InChI=1S/C16H24N2O4S/c1-2-22-16(19)17-12-11-13-7-9-15(10-8-13)23(20,21)18-14-5-3-4-6-14/h7-10,14,18H,2-6,11-12H2,1H3,(H,17,19). The Hall–Kier alpha value is -1.60. The van der Waals surface area contributed by atoms with E-state index in [0.29, 0.717) is 19.6 Å². The van der Waals surface area contributed by atoms with Gasteiger partial charge in [0.25, 0.3) is 0 Å². The molecule has 0 unspecified atom stereocenters. The summed E-state index contributed by atoms with van der Waals surface area (Å²) in [4.78, 5) is 11.4. The summed E-state index contributed by atoms with van der Waals surface area (Å²) in [5.41, 5.74) is 0.960. The van der Waals surface area contributed by atoms with Gasteiger partial charge in [-0.05, 0) is 43.9 Å². The van der Waals surface area contributed by atoms with Crippen molar-refractivity contribution in [3.8, 4) is 0 Å². The van der Waals surface area contributed by atoms with Gasteiger partial charge in [0.1, 0.15) is 0 Å². The van der Waals surface area contributed by atoms with E-state index in [4.69, 9.17) is 4.74 Å². The molecule has 7 heteroatoms. The van der Waals surface area contributed by atoms with Crippen molar-refractivity contribution >= 4 is 16.1 Å². The topological polar surface area (TPSA) is 84.5 Å². The molecule has 0 atom stereocenters. The predicted octanol–water partition coefficient (Wildman–Crippen LogP) is 2.20. The van der Waals surface area contributed by atoms with Crippen LogP contribution in [-0.2, 0) is 21.2 Å². The molecule has 23 heavy (non-hydrogen) atoms. The molecule has 1 aliphatic rings. The van der Waals surface area contributed by atoms with Crippen LogP contribution in [0.15, 0.2) is 29.2 Å². The number of nitrogens with one attached hydrogen (secondary N) is 2. The maximum atomic E-state index is 12.3. The molecule has 1 aromatic rings. The van der Waals surface area contributed by atoms with Crippen LogP contribution >= 0.6 is 0 Å². The van der Waals surface area contributed by atoms with Crippen LogP contribution in [0, 0.1) is 0 Å². The summed E-state index contributed by atoms with van der Waals surface area (Å²) in [5.74, 6) is 0. The van der Waals surface area contributed by atoms with Gasteiger partial charge >= 0.3 is 6.09 Å². The molecule has 2 rings (SSSR count). The Kier molecular flexibility index (Phi) is 6.41. The van der Waals surface area contributed by atoms with Gasteiger partial charge in [-0.15, -0.1) is 0 Å². The van der Waals surface area contributed by atoms with Gasteiger partial charge in [-0.2, -0.15) is 0 Å². The second-order valence-corrected chi connectivity index (χ2v) is 7.36. The molecule has 1 aliphatic carbocycles. The van der Waals surface area contributed by atoms with Gasteiger partial charge in [0.15, 0.2) is 0 Å². The number of benzene rings is 1. The molecule has 0 radical (unpaired) electrons. The smallest absolute Gasteiger partial charge is 0.407 e. The van der Waals surface area contributed by atoms with Crippen LogP contribution in [0.1, 0.15) is 38.2 Å². The SMILES string of the molecule is CCOC(=O)NCCc1ccc(S(=O)(=O)NC2CCCC2)cc1. The highest BCUT2D eigenvalue weighted by Crippen LogP contribution is 2.20. The Morgan fingerprint density at radius 2 is 1.87 bits per heavy atom. The zero-order valence-corrected chi connectivity index (χ0v) is 14.2. The van der Waals surface area contributed by atoms with Gasteiger partial charge in [-0.1, -0.05) is 25.0 Å². The fourth-order valence-electron chi connectivity index (χ4n) is 2.66. The summed E-state index contributed by atoms with van der Waals surface area (Å²) in [6.07, 6.45) is 4.18. The van der Waals surface area contributed by atoms with E-state index in [9.17, 15) is 13.2 Å².